The van der Waals surface area contributed by atoms with E-state index in [9.17, 15) is 9.59 Å². The molecule has 0 saturated heterocycles. The second kappa shape index (κ2) is 8.12. The van der Waals surface area contributed by atoms with Crippen molar-refractivity contribution in [3.05, 3.63) is 56.8 Å². The number of carbonyl (C=O) groups is 2. The Bertz CT molecular complexity index is 1090. The summed E-state index contributed by atoms with van der Waals surface area (Å²) in [6.07, 6.45) is 0. The van der Waals surface area contributed by atoms with E-state index in [1.54, 1.807) is 43.5 Å². The summed E-state index contributed by atoms with van der Waals surface area (Å²) < 4.78 is 12.1. The molecule has 2 aromatic carbocycles. The van der Waals surface area contributed by atoms with Gasteiger partial charge in [0.05, 0.1) is 34.5 Å². The predicted molar refractivity (Wildman–Crippen MR) is 105 cm³/mol. The first-order valence-electron chi connectivity index (χ1n) is 7.72. The zero-order chi connectivity index (χ0) is 19.6. The molecule has 1 heterocycles. The number of rotatable bonds is 4. The van der Waals surface area contributed by atoms with Crippen LogP contribution in [0.1, 0.15) is 10.4 Å². The first-order valence-corrected chi connectivity index (χ1v) is 9.29. The van der Waals surface area contributed by atoms with Crippen molar-refractivity contribution in [2.45, 2.75) is 6.54 Å². The highest BCUT2D eigenvalue weighted by molar-refractivity contribution is 7.16. The molecule has 0 radical (unpaired) electrons. The van der Waals surface area contributed by atoms with Crippen LogP contribution in [0.4, 0.5) is 0 Å². The highest BCUT2D eigenvalue weighted by Gasteiger charge is 2.16. The number of nitrogens with zero attached hydrogens (tertiary/aromatic N) is 2. The zero-order valence-corrected chi connectivity index (χ0v) is 16.7. The minimum atomic E-state index is -0.496. The van der Waals surface area contributed by atoms with Crippen LogP contribution in [-0.4, -0.2) is 30.7 Å². The van der Waals surface area contributed by atoms with Crippen molar-refractivity contribution >= 4 is 56.6 Å². The van der Waals surface area contributed by atoms with Crippen LogP contribution in [0.3, 0.4) is 0 Å². The highest BCUT2D eigenvalue weighted by Crippen LogP contribution is 2.32. The lowest BCUT2D eigenvalue weighted by Crippen LogP contribution is -2.22. The summed E-state index contributed by atoms with van der Waals surface area (Å²) in [4.78, 5) is 28.9. The molecule has 0 atom stereocenters. The van der Waals surface area contributed by atoms with Gasteiger partial charge >= 0.3 is 5.97 Å². The average Bonchev–Trinajstić information content (AvgIpc) is 3.02. The van der Waals surface area contributed by atoms with Gasteiger partial charge < -0.3 is 14.0 Å². The third kappa shape index (κ3) is 4.00. The average molecular weight is 425 g/mol. The molecule has 0 aliphatic rings. The largest absolute Gasteiger partial charge is 0.497 e. The minimum Gasteiger partial charge on any atom is -0.497 e. The summed E-state index contributed by atoms with van der Waals surface area (Å²) in [5, 5.41) is 0.626. The van der Waals surface area contributed by atoms with Gasteiger partial charge in [-0.3, -0.25) is 9.59 Å². The van der Waals surface area contributed by atoms with Crippen molar-refractivity contribution in [2.24, 2.45) is 4.99 Å². The molecule has 0 aliphatic heterocycles. The number of halogens is 2. The Labute approximate surface area is 168 Å². The molecule has 9 heteroatoms. The Hall–Kier alpha value is -2.35. The smallest absolute Gasteiger partial charge is 0.325 e. The first kappa shape index (κ1) is 19.4. The fraction of sp³-hybridized carbons (Fsp3) is 0.167. The van der Waals surface area contributed by atoms with Crippen molar-refractivity contribution in [1.29, 1.82) is 0 Å². The maximum Gasteiger partial charge on any atom is 0.325 e. The lowest BCUT2D eigenvalue weighted by atomic mass is 10.2. The van der Waals surface area contributed by atoms with E-state index in [-0.39, 0.29) is 11.6 Å². The number of carbonyl (C=O) groups excluding carboxylic acids is 2. The molecule has 0 unspecified atom stereocenters. The standard InChI is InChI=1S/C18H14Cl2N2O4S/c1-25-11-5-3-10(4-6-11)17(24)21-18-22(9-14(23)26-2)16-13(27-18)8-7-12(19)15(16)20/h3-8H,9H2,1-2H3. The van der Waals surface area contributed by atoms with Crippen LogP contribution in [0.5, 0.6) is 5.75 Å². The van der Waals surface area contributed by atoms with E-state index >= 15 is 0 Å². The molecule has 0 spiro atoms. The van der Waals surface area contributed by atoms with E-state index in [1.807, 2.05) is 0 Å². The number of amides is 1. The van der Waals surface area contributed by atoms with Crippen LogP contribution in [-0.2, 0) is 16.1 Å². The third-order valence-corrected chi connectivity index (χ3v) is 5.62. The quantitative estimate of drug-likeness (QED) is 0.594. The maximum atomic E-state index is 12.6. The number of aromatic nitrogens is 1. The molecule has 0 saturated carbocycles. The van der Waals surface area contributed by atoms with Crippen molar-refractivity contribution < 1.29 is 19.1 Å². The second-order valence-electron chi connectivity index (χ2n) is 5.40. The van der Waals surface area contributed by atoms with Gasteiger partial charge in [-0.05, 0) is 36.4 Å². The predicted octanol–water partition coefficient (Wildman–Crippen LogP) is 3.93. The number of ether oxygens (including phenoxy) is 2. The summed E-state index contributed by atoms with van der Waals surface area (Å²) in [5.41, 5.74) is 0.919. The molecular weight excluding hydrogens is 411 g/mol. The molecule has 140 valence electrons. The molecule has 3 rings (SSSR count). The summed E-state index contributed by atoms with van der Waals surface area (Å²) in [6, 6.07) is 10.00. The van der Waals surface area contributed by atoms with E-state index in [0.29, 0.717) is 26.7 Å². The van der Waals surface area contributed by atoms with E-state index in [4.69, 9.17) is 32.7 Å². The van der Waals surface area contributed by atoms with Gasteiger partial charge in [0, 0.05) is 5.56 Å². The van der Waals surface area contributed by atoms with Gasteiger partial charge in [-0.15, -0.1) is 0 Å². The number of hydrogen-bond donors (Lipinski definition) is 0. The molecule has 1 amide bonds. The second-order valence-corrected chi connectivity index (χ2v) is 7.19. The van der Waals surface area contributed by atoms with Crippen LogP contribution in [0.2, 0.25) is 10.0 Å². The van der Waals surface area contributed by atoms with Crippen LogP contribution in [0.15, 0.2) is 41.4 Å². The van der Waals surface area contributed by atoms with Crippen molar-refractivity contribution in [3.63, 3.8) is 0 Å². The maximum absolute atomic E-state index is 12.6. The zero-order valence-electron chi connectivity index (χ0n) is 14.4. The Morgan fingerprint density at radius 3 is 2.44 bits per heavy atom. The van der Waals surface area contributed by atoms with Crippen LogP contribution in [0.25, 0.3) is 10.2 Å². The number of thiazole rings is 1. The Morgan fingerprint density at radius 2 is 1.81 bits per heavy atom. The van der Waals surface area contributed by atoms with Gasteiger partial charge in [0.1, 0.15) is 12.3 Å². The van der Waals surface area contributed by atoms with Crippen molar-refractivity contribution in [2.75, 3.05) is 14.2 Å². The van der Waals surface area contributed by atoms with E-state index in [0.717, 1.165) is 4.70 Å². The van der Waals surface area contributed by atoms with Gasteiger partial charge in [-0.25, -0.2) is 0 Å². The number of fused-ring (bicyclic) bond motifs is 1. The summed E-state index contributed by atoms with van der Waals surface area (Å²) in [5.74, 6) is -0.315. The molecular formula is C18H14Cl2N2O4S. The molecule has 0 aliphatic carbocycles. The number of esters is 1. The SMILES string of the molecule is COC(=O)Cn1c(=NC(=O)c2ccc(OC)cc2)sc2ccc(Cl)c(Cl)c21. The molecule has 6 nitrogen and oxygen atoms in total. The highest BCUT2D eigenvalue weighted by atomic mass is 35.5. The molecule has 0 N–H and O–H groups in total. The van der Waals surface area contributed by atoms with Crippen LogP contribution >= 0.6 is 34.5 Å². The number of methoxy groups -OCH3 is 2. The van der Waals surface area contributed by atoms with Gasteiger partial charge in [0.15, 0.2) is 4.80 Å². The van der Waals surface area contributed by atoms with Crippen molar-refractivity contribution in [3.8, 4) is 5.75 Å². The van der Waals surface area contributed by atoms with Gasteiger partial charge in [0.25, 0.3) is 5.91 Å². The lowest BCUT2D eigenvalue weighted by Gasteiger charge is -2.06. The molecule has 27 heavy (non-hydrogen) atoms. The van der Waals surface area contributed by atoms with Gasteiger partial charge in [0.2, 0.25) is 0 Å². The fourth-order valence-electron chi connectivity index (χ4n) is 2.41. The normalized spacial score (nSPS) is 11.6. The van der Waals surface area contributed by atoms with Crippen molar-refractivity contribution in [1.82, 2.24) is 4.57 Å². The fourth-order valence-corrected chi connectivity index (χ4v) is 3.93. The first-order chi connectivity index (χ1) is 12.9. The summed E-state index contributed by atoms with van der Waals surface area (Å²) in [6.45, 7) is -0.148. The summed E-state index contributed by atoms with van der Waals surface area (Å²) >= 11 is 13.7. The molecule has 1 aromatic heterocycles. The van der Waals surface area contributed by atoms with Crippen LogP contribution in [0, 0.1) is 0 Å². The third-order valence-electron chi connectivity index (χ3n) is 3.78. The Balaban J connectivity index is 2.15. The van der Waals surface area contributed by atoms with Gasteiger partial charge in [-0.1, -0.05) is 34.5 Å². The monoisotopic (exact) mass is 424 g/mol. The Kier molecular flexibility index (Phi) is 5.84. The van der Waals surface area contributed by atoms with E-state index in [2.05, 4.69) is 4.99 Å². The van der Waals surface area contributed by atoms with Crippen LogP contribution < -0.4 is 9.54 Å². The number of benzene rings is 2. The van der Waals surface area contributed by atoms with E-state index in [1.165, 1.54) is 23.0 Å². The lowest BCUT2D eigenvalue weighted by molar-refractivity contribution is -0.141. The number of hydrogen-bond acceptors (Lipinski definition) is 5. The topological polar surface area (TPSA) is 69.9 Å². The Morgan fingerprint density at radius 1 is 1.11 bits per heavy atom. The van der Waals surface area contributed by atoms with Gasteiger partial charge in [-0.2, -0.15) is 4.99 Å². The minimum absolute atomic E-state index is 0.148. The molecule has 0 bridgehead atoms. The molecule has 0 fully saturated rings. The molecule has 3 aromatic rings. The van der Waals surface area contributed by atoms with E-state index < -0.39 is 11.9 Å². The summed E-state index contributed by atoms with van der Waals surface area (Å²) in [7, 11) is 2.83.